The molecule has 3 rings (SSSR count). The smallest absolute Gasteiger partial charge is 0.232 e. The number of furan rings is 1. The summed E-state index contributed by atoms with van der Waals surface area (Å²) in [5, 5.41) is 2.91. The second-order valence-electron chi connectivity index (χ2n) is 5.36. The number of anilines is 1. The Balaban J connectivity index is 1.87. The van der Waals surface area contributed by atoms with E-state index in [0.717, 1.165) is 10.0 Å². The van der Waals surface area contributed by atoms with Crippen LogP contribution in [-0.4, -0.2) is 5.91 Å². The van der Waals surface area contributed by atoms with Crippen molar-refractivity contribution in [2.75, 3.05) is 5.32 Å². The van der Waals surface area contributed by atoms with Crippen LogP contribution >= 0.6 is 15.9 Å². The van der Waals surface area contributed by atoms with Crippen LogP contribution in [0.25, 0.3) is 0 Å². The molecule has 3 aromatic rings. The third-order valence-corrected chi connectivity index (χ3v) is 4.40. The van der Waals surface area contributed by atoms with Crippen molar-refractivity contribution >= 4 is 27.5 Å². The standard InChI is InChI=1S/C19H15BrFNO2/c20-17-5-1-2-6-18(17)22-19(23)16(12-15-4-3-11-24-15)13-7-9-14(21)10-8-13/h1-11,16H,12H2,(H,22,23). The van der Waals surface area contributed by atoms with Gasteiger partial charge in [0.2, 0.25) is 5.91 Å². The van der Waals surface area contributed by atoms with Gasteiger partial charge in [-0.2, -0.15) is 0 Å². The summed E-state index contributed by atoms with van der Waals surface area (Å²) in [6, 6.07) is 17.0. The molecule has 24 heavy (non-hydrogen) atoms. The van der Waals surface area contributed by atoms with E-state index in [1.807, 2.05) is 30.3 Å². The highest BCUT2D eigenvalue weighted by Gasteiger charge is 2.23. The quantitative estimate of drug-likeness (QED) is 0.657. The number of rotatable bonds is 5. The summed E-state index contributed by atoms with van der Waals surface area (Å²) in [5.41, 5.74) is 1.42. The summed E-state index contributed by atoms with van der Waals surface area (Å²) in [6.45, 7) is 0. The zero-order valence-electron chi connectivity index (χ0n) is 12.7. The predicted molar refractivity (Wildman–Crippen MR) is 94.3 cm³/mol. The van der Waals surface area contributed by atoms with E-state index in [9.17, 15) is 9.18 Å². The molecule has 122 valence electrons. The third kappa shape index (κ3) is 3.92. The van der Waals surface area contributed by atoms with E-state index >= 15 is 0 Å². The number of para-hydroxylation sites is 1. The number of halogens is 2. The molecule has 1 unspecified atom stereocenters. The summed E-state index contributed by atoms with van der Waals surface area (Å²) in [7, 11) is 0. The molecule has 5 heteroatoms. The molecular formula is C19H15BrFNO2. The molecular weight excluding hydrogens is 373 g/mol. The van der Waals surface area contributed by atoms with Crippen molar-refractivity contribution < 1.29 is 13.6 Å². The molecule has 0 fully saturated rings. The fraction of sp³-hybridized carbons (Fsp3) is 0.105. The molecule has 0 aliphatic heterocycles. The highest BCUT2D eigenvalue weighted by atomic mass is 79.9. The molecule has 0 spiro atoms. The van der Waals surface area contributed by atoms with Crippen LogP contribution in [0.4, 0.5) is 10.1 Å². The summed E-state index contributed by atoms with van der Waals surface area (Å²) < 4.78 is 19.4. The van der Waals surface area contributed by atoms with Crippen LogP contribution in [0.5, 0.6) is 0 Å². The van der Waals surface area contributed by atoms with Gasteiger partial charge in [0, 0.05) is 10.9 Å². The summed E-state index contributed by atoms with van der Waals surface area (Å²) >= 11 is 3.42. The first kappa shape index (κ1) is 16.5. The minimum Gasteiger partial charge on any atom is -0.469 e. The lowest BCUT2D eigenvalue weighted by molar-refractivity contribution is -0.117. The predicted octanol–water partition coefficient (Wildman–Crippen LogP) is 5.15. The van der Waals surface area contributed by atoms with Gasteiger partial charge in [0.1, 0.15) is 11.6 Å². The highest BCUT2D eigenvalue weighted by Crippen LogP contribution is 2.26. The van der Waals surface area contributed by atoms with Crippen molar-refractivity contribution in [3.8, 4) is 0 Å². The first-order valence-corrected chi connectivity index (χ1v) is 8.26. The molecule has 1 heterocycles. The SMILES string of the molecule is O=C(Nc1ccccc1Br)C(Cc1ccco1)c1ccc(F)cc1. The van der Waals surface area contributed by atoms with E-state index in [4.69, 9.17) is 4.42 Å². The number of benzene rings is 2. The summed E-state index contributed by atoms with van der Waals surface area (Å²) in [4.78, 5) is 12.8. The maximum atomic E-state index is 13.2. The van der Waals surface area contributed by atoms with Gasteiger partial charge in [-0.05, 0) is 57.9 Å². The zero-order valence-corrected chi connectivity index (χ0v) is 14.3. The van der Waals surface area contributed by atoms with Gasteiger partial charge >= 0.3 is 0 Å². The first-order chi connectivity index (χ1) is 11.6. The number of hydrogen-bond acceptors (Lipinski definition) is 2. The van der Waals surface area contributed by atoms with Gasteiger partial charge in [-0.25, -0.2) is 4.39 Å². The Labute approximate surface area is 147 Å². The molecule has 2 aromatic carbocycles. The van der Waals surface area contributed by atoms with Crippen LogP contribution < -0.4 is 5.32 Å². The topological polar surface area (TPSA) is 42.2 Å². The van der Waals surface area contributed by atoms with Gasteiger partial charge in [0.25, 0.3) is 0 Å². The largest absolute Gasteiger partial charge is 0.469 e. The van der Waals surface area contributed by atoms with Crippen LogP contribution in [0, 0.1) is 5.82 Å². The maximum Gasteiger partial charge on any atom is 0.232 e. The van der Waals surface area contributed by atoms with Crippen molar-refractivity contribution in [1.82, 2.24) is 0 Å². The van der Waals surface area contributed by atoms with Gasteiger partial charge in [-0.1, -0.05) is 24.3 Å². The molecule has 0 radical (unpaired) electrons. The monoisotopic (exact) mass is 387 g/mol. The van der Waals surface area contributed by atoms with Crippen LogP contribution in [0.1, 0.15) is 17.2 Å². The molecule has 1 aromatic heterocycles. The van der Waals surface area contributed by atoms with Crippen LogP contribution in [-0.2, 0) is 11.2 Å². The second kappa shape index (κ2) is 7.45. The van der Waals surface area contributed by atoms with E-state index in [1.54, 1.807) is 24.5 Å². The third-order valence-electron chi connectivity index (χ3n) is 3.71. The summed E-state index contributed by atoms with van der Waals surface area (Å²) in [6.07, 6.45) is 1.97. The molecule has 1 atom stereocenters. The fourth-order valence-electron chi connectivity index (χ4n) is 2.47. The van der Waals surface area contributed by atoms with Gasteiger partial charge < -0.3 is 9.73 Å². The number of amides is 1. The van der Waals surface area contributed by atoms with E-state index < -0.39 is 5.92 Å². The van der Waals surface area contributed by atoms with Crippen molar-refractivity contribution in [1.29, 1.82) is 0 Å². The van der Waals surface area contributed by atoms with Gasteiger partial charge in [-0.15, -0.1) is 0 Å². The Morgan fingerprint density at radius 2 is 1.83 bits per heavy atom. The molecule has 0 aliphatic carbocycles. The lowest BCUT2D eigenvalue weighted by atomic mass is 9.93. The van der Waals surface area contributed by atoms with E-state index in [2.05, 4.69) is 21.2 Å². The number of hydrogen-bond donors (Lipinski definition) is 1. The average molecular weight is 388 g/mol. The Kier molecular flexibility index (Phi) is 5.11. The second-order valence-corrected chi connectivity index (χ2v) is 6.21. The van der Waals surface area contributed by atoms with Gasteiger partial charge in [-0.3, -0.25) is 4.79 Å². The highest BCUT2D eigenvalue weighted by molar-refractivity contribution is 9.10. The lowest BCUT2D eigenvalue weighted by Gasteiger charge is -2.17. The molecule has 0 saturated carbocycles. The Hall–Kier alpha value is -2.40. The number of carbonyl (C=O) groups is 1. The Morgan fingerprint density at radius 3 is 2.50 bits per heavy atom. The first-order valence-electron chi connectivity index (χ1n) is 7.47. The molecule has 0 bridgehead atoms. The van der Waals surface area contributed by atoms with Crippen molar-refractivity contribution in [2.45, 2.75) is 12.3 Å². The van der Waals surface area contributed by atoms with Crippen molar-refractivity contribution in [3.63, 3.8) is 0 Å². The van der Waals surface area contributed by atoms with E-state index in [0.29, 0.717) is 17.9 Å². The van der Waals surface area contributed by atoms with Crippen LogP contribution in [0.2, 0.25) is 0 Å². The zero-order chi connectivity index (χ0) is 16.9. The van der Waals surface area contributed by atoms with E-state index in [-0.39, 0.29) is 11.7 Å². The van der Waals surface area contributed by atoms with Crippen LogP contribution in [0.3, 0.4) is 0 Å². The van der Waals surface area contributed by atoms with E-state index in [1.165, 1.54) is 12.1 Å². The molecule has 0 aliphatic rings. The Bertz CT molecular complexity index is 816. The molecule has 1 amide bonds. The fourth-order valence-corrected chi connectivity index (χ4v) is 2.85. The number of nitrogens with one attached hydrogen (secondary N) is 1. The minimum atomic E-state index is -0.483. The normalized spacial score (nSPS) is 11.9. The molecule has 1 N–H and O–H groups in total. The van der Waals surface area contributed by atoms with Crippen molar-refractivity contribution in [2.24, 2.45) is 0 Å². The summed E-state index contributed by atoms with van der Waals surface area (Å²) in [5.74, 6) is -0.290. The minimum absolute atomic E-state index is 0.176. The van der Waals surface area contributed by atoms with Crippen LogP contribution in [0.15, 0.2) is 75.8 Å². The lowest BCUT2D eigenvalue weighted by Crippen LogP contribution is -2.23. The molecule has 0 saturated heterocycles. The van der Waals surface area contributed by atoms with Gasteiger partial charge in [0.15, 0.2) is 0 Å². The molecule has 3 nitrogen and oxygen atoms in total. The van der Waals surface area contributed by atoms with Gasteiger partial charge in [0.05, 0.1) is 17.9 Å². The Morgan fingerprint density at radius 1 is 1.08 bits per heavy atom. The van der Waals surface area contributed by atoms with Crippen molar-refractivity contribution in [3.05, 3.63) is 88.5 Å². The average Bonchev–Trinajstić information content (AvgIpc) is 3.09. The number of carbonyl (C=O) groups excluding carboxylic acids is 1. The maximum absolute atomic E-state index is 13.2.